The topological polar surface area (TPSA) is 68.2 Å². The summed E-state index contributed by atoms with van der Waals surface area (Å²) in [4.78, 5) is 12.4. The van der Waals surface area contributed by atoms with Crippen LogP contribution in [0.25, 0.3) is 10.2 Å². The maximum atomic E-state index is 12.7. The molecule has 0 radical (unpaired) electrons. The van der Waals surface area contributed by atoms with Crippen LogP contribution in [-0.2, 0) is 16.6 Å². The molecule has 0 spiro atoms. The Balaban J connectivity index is 1.69. The molecule has 0 amide bonds. The molecule has 3 aromatic carbocycles. The van der Waals surface area contributed by atoms with Crippen molar-refractivity contribution in [2.75, 3.05) is 4.72 Å². The Morgan fingerprint density at radius 1 is 0.964 bits per heavy atom. The van der Waals surface area contributed by atoms with Gasteiger partial charge < -0.3 is 0 Å². The van der Waals surface area contributed by atoms with Gasteiger partial charge in [-0.25, -0.2) is 8.42 Å². The zero-order valence-corrected chi connectivity index (χ0v) is 16.9. The van der Waals surface area contributed by atoms with Gasteiger partial charge in [0.15, 0.2) is 0 Å². The number of nitrogens with one attached hydrogen (secondary N) is 1. The van der Waals surface area contributed by atoms with Crippen LogP contribution in [0.15, 0.2) is 82.5 Å². The van der Waals surface area contributed by atoms with Gasteiger partial charge in [-0.3, -0.25) is 14.1 Å². The highest BCUT2D eigenvalue weighted by molar-refractivity contribution is 7.92. The number of hydrogen-bond donors (Lipinski definition) is 1. The van der Waals surface area contributed by atoms with Crippen LogP contribution in [0.4, 0.5) is 5.69 Å². The predicted molar refractivity (Wildman–Crippen MR) is 114 cm³/mol. The van der Waals surface area contributed by atoms with Crippen LogP contribution < -0.4 is 9.60 Å². The van der Waals surface area contributed by atoms with E-state index in [1.165, 1.54) is 12.1 Å². The van der Waals surface area contributed by atoms with E-state index in [0.717, 1.165) is 16.9 Å². The average molecular weight is 431 g/mol. The van der Waals surface area contributed by atoms with Crippen LogP contribution in [0.1, 0.15) is 5.56 Å². The fourth-order valence-electron chi connectivity index (χ4n) is 2.86. The minimum Gasteiger partial charge on any atom is -0.294 e. The van der Waals surface area contributed by atoms with Crippen molar-refractivity contribution in [1.82, 2.24) is 4.57 Å². The first kappa shape index (κ1) is 18.7. The molecule has 4 aromatic rings. The zero-order chi connectivity index (χ0) is 19.7. The van der Waals surface area contributed by atoms with E-state index in [2.05, 4.69) is 4.72 Å². The normalized spacial score (nSPS) is 11.6. The molecule has 0 aliphatic heterocycles. The summed E-state index contributed by atoms with van der Waals surface area (Å²) < 4.78 is 30.1. The van der Waals surface area contributed by atoms with E-state index in [-0.39, 0.29) is 9.77 Å². The summed E-state index contributed by atoms with van der Waals surface area (Å²) in [5.41, 5.74) is 2.12. The summed E-state index contributed by atoms with van der Waals surface area (Å²) >= 11 is 6.94. The largest absolute Gasteiger partial charge is 0.308 e. The van der Waals surface area contributed by atoms with Crippen LogP contribution in [0, 0.1) is 0 Å². The molecule has 1 heterocycles. The number of nitrogens with zero attached hydrogens (tertiary/aromatic N) is 1. The Hall–Kier alpha value is -2.61. The molecule has 0 saturated heterocycles. The molecule has 0 fully saturated rings. The first-order valence-corrected chi connectivity index (χ1v) is 11.1. The smallest absolute Gasteiger partial charge is 0.294 e. The van der Waals surface area contributed by atoms with Gasteiger partial charge in [0.25, 0.3) is 10.0 Å². The molecule has 0 saturated carbocycles. The summed E-state index contributed by atoms with van der Waals surface area (Å²) in [5, 5.41) is 0.632. The SMILES string of the molecule is O=c1sc2cc(S(=O)(=O)Nc3ccccc3)ccc2n1Cc1ccc(Cl)cc1. The lowest BCUT2D eigenvalue weighted by molar-refractivity contribution is 0.601. The number of fused-ring (bicyclic) bond motifs is 1. The third-order valence-electron chi connectivity index (χ3n) is 4.23. The fraction of sp³-hybridized carbons (Fsp3) is 0.0500. The second-order valence-electron chi connectivity index (χ2n) is 6.18. The van der Waals surface area contributed by atoms with Gasteiger partial charge in [0, 0.05) is 10.7 Å². The molecule has 0 atom stereocenters. The van der Waals surface area contributed by atoms with Crippen LogP contribution in [-0.4, -0.2) is 13.0 Å². The van der Waals surface area contributed by atoms with E-state index in [4.69, 9.17) is 11.6 Å². The molecular weight excluding hydrogens is 416 g/mol. The Labute approximate surface area is 170 Å². The number of sulfonamides is 1. The molecule has 1 N–H and O–H groups in total. The predicted octanol–water partition coefficient (Wildman–Crippen LogP) is 4.57. The van der Waals surface area contributed by atoms with Gasteiger partial charge in [-0.05, 0) is 48.0 Å². The van der Waals surface area contributed by atoms with E-state index in [0.29, 0.717) is 27.5 Å². The molecule has 4 rings (SSSR count). The minimum absolute atomic E-state index is 0.115. The van der Waals surface area contributed by atoms with E-state index >= 15 is 0 Å². The van der Waals surface area contributed by atoms with Gasteiger partial charge in [0.1, 0.15) is 0 Å². The van der Waals surface area contributed by atoms with E-state index < -0.39 is 10.0 Å². The summed E-state index contributed by atoms with van der Waals surface area (Å²) in [6.07, 6.45) is 0. The third-order valence-corrected chi connectivity index (χ3v) is 6.80. The molecule has 142 valence electrons. The summed E-state index contributed by atoms with van der Waals surface area (Å²) in [6.45, 7) is 0.393. The van der Waals surface area contributed by atoms with Crippen molar-refractivity contribution in [2.24, 2.45) is 0 Å². The standard InChI is InChI=1S/C20H15ClN2O3S2/c21-15-8-6-14(7-9-15)13-23-18-11-10-17(12-19(18)27-20(23)24)28(25,26)22-16-4-2-1-3-5-16/h1-12,22H,13H2. The number of benzene rings is 3. The second kappa shape index (κ2) is 7.43. The highest BCUT2D eigenvalue weighted by atomic mass is 35.5. The molecule has 0 bridgehead atoms. The third kappa shape index (κ3) is 3.82. The van der Waals surface area contributed by atoms with Crippen molar-refractivity contribution in [3.63, 3.8) is 0 Å². The number of thiazole rings is 1. The van der Waals surface area contributed by atoms with Crippen LogP contribution in [0.2, 0.25) is 5.02 Å². The molecule has 8 heteroatoms. The second-order valence-corrected chi connectivity index (χ2v) is 9.29. The van der Waals surface area contributed by atoms with Gasteiger partial charge in [0.2, 0.25) is 0 Å². The van der Waals surface area contributed by atoms with Crippen molar-refractivity contribution >= 4 is 48.9 Å². The van der Waals surface area contributed by atoms with Crippen LogP contribution >= 0.6 is 22.9 Å². The monoisotopic (exact) mass is 430 g/mol. The lowest BCUT2D eigenvalue weighted by Crippen LogP contribution is -2.14. The van der Waals surface area contributed by atoms with Crippen molar-refractivity contribution in [2.45, 2.75) is 11.4 Å². The van der Waals surface area contributed by atoms with Gasteiger partial charge in [-0.1, -0.05) is 53.3 Å². The molecular formula is C20H15ClN2O3S2. The van der Waals surface area contributed by atoms with Gasteiger partial charge in [-0.15, -0.1) is 0 Å². The summed E-state index contributed by atoms with van der Waals surface area (Å²) in [6, 6.07) is 20.7. The highest BCUT2D eigenvalue weighted by Crippen LogP contribution is 2.24. The molecule has 5 nitrogen and oxygen atoms in total. The number of hydrogen-bond acceptors (Lipinski definition) is 4. The maximum Gasteiger partial charge on any atom is 0.308 e. The number of anilines is 1. The minimum atomic E-state index is -3.74. The van der Waals surface area contributed by atoms with Crippen molar-refractivity contribution in [1.29, 1.82) is 0 Å². The number of rotatable bonds is 5. The van der Waals surface area contributed by atoms with Crippen molar-refractivity contribution in [3.05, 3.63) is 93.0 Å². The molecule has 28 heavy (non-hydrogen) atoms. The molecule has 0 aliphatic rings. The van der Waals surface area contributed by atoms with Gasteiger partial charge in [0.05, 0.1) is 21.7 Å². The summed E-state index contributed by atoms with van der Waals surface area (Å²) in [7, 11) is -3.74. The Kier molecular flexibility index (Phi) is 4.97. The number of aromatic nitrogens is 1. The molecule has 1 aromatic heterocycles. The van der Waals surface area contributed by atoms with E-state index in [1.807, 2.05) is 18.2 Å². The van der Waals surface area contributed by atoms with E-state index in [9.17, 15) is 13.2 Å². The van der Waals surface area contributed by atoms with Crippen molar-refractivity contribution in [3.8, 4) is 0 Å². The van der Waals surface area contributed by atoms with Crippen molar-refractivity contribution < 1.29 is 8.42 Å². The maximum absolute atomic E-state index is 12.7. The lowest BCUT2D eigenvalue weighted by atomic mass is 10.2. The van der Waals surface area contributed by atoms with Gasteiger partial charge in [-0.2, -0.15) is 0 Å². The summed E-state index contributed by atoms with van der Waals surface area (Å²) in [5.74, 6) is 0. The molecule has 0 aliphatic carbocycles. The Bertz CT molecular complexity index is 1300. The average Bonchev–Trinajstić information content (AvgIpc) is 2.98. The number of para-hydroxylation sites is 1. The lowest BCUT2D eigenvalue weighted by Gasteiger charge is -2.08. The van der Waals surface area contributed by atoms with E-state index in [1.54, 1.807) is 47.0 Å². The van der Waals surface area contributed by atoms with Gasteiger partial charge >= 0.3 is 4.87 Å². The highest BCUT2D eigenvalue weighted by Gasteiger charge is 2.17. The Morgan fingerprint density at radius 3 is 2.39 bits per heavy atom. The van der Waals surface area contributed by atoms with Crippen LogP contribution in [0.5, 0.6) is 0 Å². The Morgan fingerprint density at radius 2 is 1.68 bits per heavy atom. The fourth-order valence-corrected chi connectivity index (χ4v) is 5.07. The number of halogens is 1. The zero-order valence-electron chi connectivity index (χ0n) is 14.5. The van der Waals surface area contributed by atoms with Crippen LogP contribution in [0.3, 0.4) is 0 Å². The quantitative estimate of drug-likeness (QED) is 0.504. The first-order valence-electron chi connectivity index (χ1n) is 8.38. The molecule has 0 unspecified atom stereocenters. The first-order chi connectivity index (χ1) is 13.4.